The Kier molecular flexibility index (Phi) is 4.12. The first kappa shape index (κ1) is 13.1. The molecule has 6 heteroatoms. The van der Waals surface area contributed by atoms with Crippen molar-refractivity contribution in [3.8, 4) is 5.88 Å². The summed E-state index contributed by atoms with van der Waals surface area (Å²) in [5, 5.41) is 6.97. The fourth-order valence-corrected chi connectivity index (χ4v) is 1.64. The molecule has 0 aliphatic heterocycles. The first-order chi connectivity index (χ1) is 9.19. The minimum Gasteiger partial charge on any atom is -0.481 e. The number of hydrogen-bond acceptors (Lipinski definition) is 4. The Labute approximate surface area is 111 Å². The normalized spacial score (nSPS) is 10.2. The molecule has 6 nitrogen and oxygen atoms in total. The predicted molar refractivity (Wildman–Crippen MR) is 70.1 cm³/mol. The topological polar surface area (TPSA) is 69.0 Å². The van der Waals surface area contributed by atoms with Crippen molar-refractivity contribution in [1.29, 1.82) is 0 Å². The molecule has 100 valence electrons. The molecule has 2 aromatic heterocycles. The van der Waals surface area contributed by atoms with Crippen LogP contribution < -0.4 is 10.1 Å². The number of rotatable bonds is 5. The first-order valence-corrected chi connectivity index (χ1v) is 5.96. The molecule has 0 saturated carbocycles. The zero-order chi connectivity index (χ0) is 13.7. The lowest BCUT2D eigenvalue weighted by molar-refractivity contribution is 0.0951. The second-order valence-corrected chi connectivity index (χ2v) is 4.12. The van der Waals surface area contributed by atoms with Gasteiger partial charge in [0.2, 0.25) is 5.88 Å². The van der Waals surface area contributed by atoms with Crippen LogP contribution in [0.25, 0.3) is 0 Å². The van der Waals surface area contributed by atoms with Crippen molar-refractivity contribution in [3.05, 3.63) is 41.9 Å². The average Bonchev–Trinajstić information content (AvgIpc) is 2.84. The van der Waals surface area contributed by atoms with Crippen molar-refractivity contribution in [1.82, 2.24) is 20.1 Å². The van der Waals surface area contributed by atoms with Gasteiger partial charge in [0, 0.05) is 30.6 Å². The van der Waals surface area contributed by atoms with E-state index in [-0.39, 0.29) is 5.91 Å². The van der Waals surface area contributed by atoms with Crippen LogP contribution in [0.2, 0.25) is 0 Å². The lowest BCUT2D eigenvalue weighted by atomic mass is 10.2. The van der Waals surface area contributed by atoms with Gasteiger partial charge in [-0.2, -0.15) is 5.10 Å². The maximum atomic E-state index is 11.9. The van der Waals surface area contributed by atoms with Crippen molar-refractivity contribution >= 4 is 5.91 Å². The maximum Gasteiger partial charge on any atom is 0.251 e. The van der Waals surface area contributed by atoms with Gasteiger partial charge in [0.05, 0.1) is 19.9 Å². The highest BCUT2D eigenvalue weighted by molar-refractivity contribution is 5.94. The number of ether oxygens (including phenoxy) is 1. The molecular weight excluding hydrogens is 244 g/mol. The summed E-state index contributed by atoms with van der Waals surface area (Å²) in [6.07, 6.45) is 5.27. The number of aryl methyl sites for hydroxylation is 1. The van der Waals surface area contributed by atoms with E-state index in [0.717, 1.165) is 5.56 Å². The van der Waals surface area contributed by atoms with Crippen LogP contribution in [0.1, 0.15) is 15.9 Å². The molecule has 0 aliphatic carbocycles. The smallest absolute Gasteiger partial charge is 0.251 e. The summed E-state index contributed by atoms with van der Waals surface area (Å²) in [6, 6.07) is 3.25. The van der Waals surface area contributed by atoms with Crippen LogP contribution in [0.4, 0.5) is 0 Å². The highest BCUT2D eigenvalue weighted by atomic mass is 16.5. The number of carbonyl (C=O) groups is 1. The zero-order valence-corrected chi connectivity index (χ0v) is 11.0. The van der Waals surface area contributed by atoms with Crippen molar-refractivity contribution in [2.45, 2.75) is 13.5 Å². The van der Waals surface area contributed by atoms with E-state index >= 15 is 0 Å². The monoisotopic (exact) mass is 260 g/mol. The van der Waals surface area contributed by atoms with Crippen LogP contribution in [0.15, 0.2) is 30.7 Å². The van der Waals surface area contributed by atoms with Gasteiger partial charge in [-0.3, -0.25) is 9.48 Å². The Balaban J connectivity index is 1.87. The largest absolute Gasteiger partial charge is 0.481 e. The lowest BCUT2D eigenvalue weighted by Crippen LogP contribution is -2.27. The van der Waals surface area contributed by atoms with Gasteiger partial charge in [-0.15, -0.1) is 0 Å². The van der Waals surface area contributed by atoms with E-state index in [2.05, 4.69) is 15.4 Å². The highest BCUT2D eigenvalue weighted by Gasteiger charge is 2.06. The van der Waals surface area contributed by atoms with Crippen molar-refractivity contribution in [2.75, 3.05) is 13.7 Å². The number of aromatic nitrogens is 3. The lowest BCUT2D eigenvalue weighted by Gasteiger charge is -2.06. The van der Waals surface area contributed by atoms with E-state index in [1.54, 1.807) is 29.2 Å². The van der Waals surface area contributed by atoms with Gasteiger partial charge < -0.3 is 10.1 Å². The predicted octanol–water partition coefficient (Wildman–Crippen LogP) is 1.03. The second-order valence-electron chi connectivity index (χ2n) is 4.12. The third kappa shape index (κ3) is 3.54. The molecule has 0 fully saturated rings. The Hall–Kier alpha value is -2.37. The van der Waals surface area contributed by atoms with Crippen LogP contribution >= 0.6 is 0 Å². The third-order valence-corrected chi connectivity index (χ3v) is 2.59. The van der Waals surface area contributed by atoms with E-state index in [1.165, 1.54) is 7.11 Å². The maximum absolute atomic E-state index is 11.9. The standard InChI is InChI=1S/C13H16N4O2/c1-10-8-16-17(9-10)6-5-15-13(18)11-3-4-14-12(7-11)19-2/h3-4,7-9H,5-6H2,1-2H3,(H,15,18). The van der Waals surface area contributed by atoms with E-state index in [9.17, 15) is 4.79 Å². The molecule has 19 heavy (non-hydrogen) atoms. The number of amides is 1. The summed E-state index contributed by atoms with van der Waals surface area (Å²) in [5.41, 5.74) is 1.63. The number of nitrogens with zero attached hydrogens (tertiary/aromatic N) is 3. The van der Waals surface area contributed by atoms with Crippen LogP contribution in [-0.4, -0.2) is 34.3 Å². The Morgan fingerprint density at radius 2 is 2.37 bits per heavy atom. The molecule has 0 spiro atoms. The fourth-order valence-electron chi connectivity index (χ4n) is 1.64. The molecule has 0 aromatic carbocycles. The molecule has 0 saturated heterocycles. The Bertz CT molecular complexity index is 565. The van der Waals surface area contributed by atoms with Gasteiger partial charge in [0.25, 0.3) is 5.91 Å². The van der Waals surface area contributed by atoms with Crippen molar-refractivity contribution < 1.29 is 9.53 Å². The van der Waals surface area contributed by atoms with Gasteiger partial charge in [-0.1, -0.05) is 0 Å². The second kappa shape index (κ2) is 5.99. The summed E-state index contributed by atoms with van der Waals surface area (Å²) in [4.78, 5) is 15.8. The van der Waals surface area contributed by atoms with Crippen LogP contribution in [-0.2, 0) is 6.54 Å². The quantitative estimate of drug-likeness (QED) is 0.871. The fraction of sp³-hybridized carbons (Fsp3) is 0.308. The number of nitrogens with one attached hydrogen (secondary N) is 1. The van der Waals surface area contributed by atoms with Crippen LogP contribution in [0.5, 0.6) is 5.88 Å². The average molecular weight is 260 g/mol. The van der Waals surface area contributed by atoms with Crippen molar-refractivity contribution in [3.63, 3.8) is 0 Å². The molecule has 1 amide bonds. The van der Waals surface area contributed by atoms with Gasteiger partial charge >= 0.3 is 0 Å². The SMILES string of the molecule is COc1cc(C(=O)NCCn2cc(C)cn2)ccn1. The van der Waals surface area contributed by atoms with Gasteiger partial charge in [-0.05, 0) is 18.6 Å². The number of hydrogen-bond donors (Lipinski definition) is 1. The van der Waals surface area contributed by atoms with Crippen molar-refractivity contribution in [2.24, 2.45) is 0 Å². The molecule has 0 bridgehead atoms. The molecule has 2 aromatic rings. The third-order valence-electron chi connectivity index (χ3n) is 2.59. The van der Waals surface area contributed by atoms with Crippen LogP contribution in [0, 0.1) is 6.92 Å². The summed E-state index contributed by atoms with van der Waals surface area (Å²) in [7, 11) is 1.52. The molecule has 0 unspecified atom stereocenters. The molecule has 0 atom stereocenters. The van der Waals surface area contributed by atoms with Gasteiger partial charge in [-0.25, -0.2) is 4.98 Å². The summed E-state index contributed by atoms with van der Waals surface area (Å²) in [5.74, 6) is 0.278. The molecule has 0 radical (unpaired) electrons. The van der Waals surface area contributed by atoms with E-state index in [4.69, 9.17) is 4.74 Å². The van der Waals surface area contributed by atoms with E-state index in [0.29, 0.717) is 24.5 Å². The molecular formula is C13H16N4O2. The van der Waals surface area contributed by atoms with Gasteiger partial charge in [0.1, 0.15) is 0 Å². The summed E-state index contributed by atoms with van der Waals surface area (Å²) >= 11 is 0. The molecule has 1 N–H and O–H groups in total. The summed E-state index contributed by atoms with van der Waals surface area (Å²) < 4.78 is 6.77. The summed E-state index contributed by atoms with van der Waals surface area (Å²) in [6.45, 7) is 3.14. The Morgan fingerprint density at radius 1 is 1.53 bits per heavy atom. The molecule has 2 heterocycles. The molecule has 0 aliphatic rings. The van der Waals surface area contributed by atoms with Crippen LogP contribution in [0.3, 0.4) is 0 Å². The minimum absolute atomic E-state index is 0.149. The minimum atomic E-state index is -0.149. The first-order valence-electron chi connectivity index (χ1n) is 5.96. The molecule has 2 rings (SSSR count). The van der Waals surface area contributed by atoms with Gasteiger partial charge in [0.15, 0.2) is 0 Å². The zero-order valence-electron chi connectivity index (χ0n) is 11.0. The highest BCUT2D eigenvalue weighted by Crippen LogP contribution is 2.08. The number of carbonyl (C=O) groups excluding carboxylic acids is 1. The number of pyridine rings is 1. The Morgan fingerprint density at radius 3 is 3.05 bits per heavy atom. The van der Waals surface area contributed by atoms with E-state index in [1.807, 2.05) is 13.1 Å². The number of methoxy groups -OCH3 is 1. The van der Waals surface area contributed by atoms with E-state index < -0.39 is 0 Å².